The molecule has 4 heteroatoms. The first-order valence-electron chi connectivity index (χ1n) is 10.4. The molecule has 150 valence electrons. The Labute approximate surface area is 161 Å². The van der Waals surface area contributed by atoms with Gasteiger partial charge in [-0.25, -0.2) is 4.39 Å². The highest BCUT2D eigenvalue weighted by Gasteiger charge is 2.32. The van der Waals surface area contributed by atoms with Gasteiger partial charge in [0.25, 0.3) is 0 Å². The Hall–Kier alpha value is -1.42. The van der Waals surface area contributed by atoms with Crippen molar-refractivity contribution in [3.63, 3.8) is 0 Å². The minimum atomic E-state index is -0.861. The first kappa shape index (κ1) is 20.3. The Kier molecular flexibility index (Phi) is 7.28. The van der Waals surface area contributed by atoms with Gasteiger partial charge in [-0.2, -0.15) is 4.39 Å². The number of benzene rings is 1. The van der Waals surface area contributed by atoms with Gasteiger partial charge in [-0.15, -0.1) is 0 Å². The molecule has 0 N–H and O–H groups in total. The largest absolute Gasteiger partial charge is 0.494 e. The highest BCUT2D eigenvalue weighted by molar-refractivity contribution is 5.33. The van der Waals surface area contributed by atoms with Crippen LogP contribution in [0.25, 0.3) is 0 Å². The van der Waals surface area contributed by atoms with Gasteiger partial charge < -0.3 is 9.47 Å². The number of hydrogen-bond acceptors (Lipinski definition) is 2. The molecule has 0 amide bonds. The standard InChI is InChI=1S/C23H32F2O2/c1-3-4-5-6-19-12-11-18(15-27-19)16-7-9-17(10-8-16)20-13-14-21(26-2)23(25)22(20)24/h5-6,13-14,16-19H,3-4,7-12,15H2,1-2H3. The third-order valence-electron chi connectivity index (χ3n) is 6.33. The average Bonchev–Trinajstić information content (AvgIpc) is 2.71. The molecule has 0 spiro atoms. The molecule has 1 saturated carbocycles. The number of methoxy groups -OCH3 is 1. The van der Waals surface area contributed by atoms with Crippen LogP contribution in [0.1, 0.15) is 69.8 Å². The van der Waals surface area contributed by atoms with E-state index < -0.39 is 11.6 Å². The molecule has 2 aliphatic rings. The SMILES string of the molecule is CCCC=CC1CCC(C2CCC(c3ccc(OC)c(F)c3F)CC2)CO1. The van der Waals surface area contributed by atoms with Crippen LogP contribution in [0.3, 0.4) is 0 Å². The third-order valence-corrected chi connectivity index (χ3v) is 6.33. The summed E-state index contributed by atoms with van der Waals surface area (Å²) in [6.45, 7) is 3.02. The Morgan fingerprint density at radius 2 is 1.78 bits per heavy atom. The highest BCUT2D eigenvalue weighted by Crippen LogP contribution is 2.42. The van der Waals surface area contributed by atoms with E-state index in [0.29, 0.717) is 17.4 Å². The molecule has 0 bridgehead atoms. The maximum atomic E-state index is 14.4. The van der Waals surface area contributed by atoms with Crippen LogP contribution in [0.15, 0.2) is 24.3 Å². The van der Waals surface area contributed by atoms with Gasteiger partial charge >= 0.3 is 0 Å². The molecule has 2 atom stereocenters. The molecule has 1 aliphatic carbocycles. The fraction of sp³-hybridized carbons (Fsp3) is 0.652. The summed E-state index contributed by atoms with van der Waals surface area (Å²) in [5.41, 5.74) is 0.507. The first-order valence-corrected chi connectivity index (χ1v) is 10.4. The molecule has 0 radical (unpaired) electrons. The van der Waals surface area contributed by atoms with E-state index >= 15 is 0 Å². The lowest BCUT2D eigenvalue weighted by Gasteiger charge is -2.37. The molecule has 1 aromatic rings. The molecule has 1 aromatic carbocycles. The maximum Gasteiger partial charge on any atom is 0.200 e. The van der Waals surface area contributed by atoms with Crippen LogP contribution in [0.5, 0.6) is 5.75 Å². The van der Waals surface area contributed by atoms with Crippen molar-refractivity contribution in [2.75, 3.05) is 13.7 Å². The Morgan fingerprint density at radius 3 is 2.41 bits per heavy atom. The van der Waals surface area contributed by atoms with Crippen LogP contribution in [0.2, 0.25) is 0 Å². The predicted molar refractivity (Wildman–Crippen MR) is 104 cm³/mol. The monoisotopic (exact) mass is 378 g/mol. The van der Waals surface area contributed by atoms with E-state index in [0.717, 1.165) is 45.1 Å². The minimum absolute atomic E-state index is 0.0215. The zero-order chi connectivity index (χ0) is 19.2. The number of unbranched alkanes of at least 4 members (excludes halogenated alkanes) is 1. The van der Waals surface area contributed by atoms with Gasteiger partial charge in [-0.3, -0.25) is 0 Å². The second kappa shape index (κ2) is 9.68. The number of halogens is 2. The summed E-state index contributed by atoms with van der Waals surface area (Å²) in [6.07, 6.45) is 13.3. The van der Waals surface area contributed by atoms with E-state index in [1.54, 1.807) is 12.1 Å². The number of hydrogen-bond donors (Lipinski definition) is 0. The van der Waals surface area contributed by atoms with E-state index in [9.17, 15) is 8.78 Å². The molecule has 1 heterocycles. The lowest BCUT2D eigenvalue weighted by atomic mass is 9.72. The molecule has 2 unspecified atom stereocenters. The van der Waals surface area contributed by atoms with E-state index in [-0.39, 0.29) is 17.8 Å². The molecule has 1 saturated heterocycles. The fourth-order valence-electron chi connectivity index (χ4n) is 4.65. The van der Waals surface area contributed by atoms with Crippen LogP contribution in [0, 0.1) is 23.5 Å². The molecular formula is C23H32F2O2. The van der Waals surface area contributed by atoms with Crippen molar-refractivity contribution in [1.29, 1.82) is 0 Å². The molecule has 27 heavy (non-hydrogen) atoms. The number of ether oxygens (including phenoxy) is 2. The van der Waals surface area contributed by atoms with Crippen LogP contribution >= 0.6 is 0 Å². The highest BCUT2D eigenvalue weighted by atomic mass is 19.2. The topological polar surface area (TPSA) is 18.5 Å². The summed E-state index contributed by atoms with van der Waals surface area (Å²) < 4.78 is 39.3. The lowest BCUT2D eigenvalue weighted by molar-refractivity contribution is -0.0150. The summed E-state index contributed by atoms with van der Waals surface area (Å²) in [4.78, 5) is 0. The molecule has 1 aliphatic heterocycles. The quantitative estimate of drug-likeness (QED) is 0.533. The Bertz CT molecular complexity index is 628. The molecule has 2 fully saturated rings. The fourth-order valence-corrected chi connectivity index (χ4v) is 4.65. The smallest absolute Gasteiger partial charge is 0.200 e. The van der Waals surface area contributed by atoms with E-state index in [2.05, 4.69) is 19.1 Å². The summed E-state index contributed by atoms with van der Waals surface area (Å²) in [6, 6.07) is 3.24. The average molecular weight is 379 g/mol. The Morgan fingerprint density at radius 1 is 1.04 bits per heavy atom. The second-order valence-corrected chi connectivity index (χ2v) is 8.02. The van der Waals surface area contributed by atoms with Crippen LogP contribution in [-0.4, -0.2) is 19.8 Å². The molecule has 3 rings (SSSR count). The summed E-state index contributed by atoms with van der Waals surface area (Å²) in [5.74, 6) is -0.254. The predicted octanol–water partition coefficient (Wildman–Crippen LogP) is 6.40. The third kappa shape index (κ3) is 4.90. The number of rotatable bonds is 6. The summed E-state index contributed by atoms with van der Waals surface area (Å²) in [5, 5.41) is 0. The van der Waals surface area contributed by atoms with Crippen LogP contribution in [0.4, 0.5) is 8.78 Å². The van der Waals surface area contributed by atoms with Crippen molar-refractivity contribution in [1.82, 2.24) is 0 Å². The van der Waals surface area contributed by atoms with Gasteiger partial charge in [-0.05, 0) is 74.3 Å². The van der Waals surface area contributed by atoms with Gasteiger partial charge in [0, 0.05) is 0 Å². The van der Waals surface area contributed by atoms with Crippen LogP contribution < -0.4 is 4.74 Å². The zero-order valence-electron chi connectivity index (χ0n) is 16.6. The van der Waals surface area contributed by atoms with E-state index in [1.165, 1.54) is 20.0 Å². The van der Waals surface area contributed by atoms with Crippen LogP contribution in [-0.2, 0) is 4.74 Å². The second-order valence-electron chi connectivity index (χ2n) is 8.02. The van der Waals surface area contributed by atoms with Crippen molar-refractivity contribution in [2.45, 2.75) is 70.3 Å². The number of allylic oxidation sites excluding steroid dienone is 1. The van der Waals surface area contributed by atoms with Gasteiger partial charge in [0.2, 0.25) is 5.82 Å². The maximum absolute atomic E-state index is 14.4. The van der Waals surface area contributed by atoms with Crippen molar-refractivity contribution < 1.29 is 18.3 Å². The summed E-state index contributed by atoms with van der Waals surface area (Å²) >= 11 is 0. The van der Waals surface area contributed by atoms with Crippen molar-refractivity contribution in [2.24, 2.45) is 11.8 Å². The van der Waals surface area contributed by atoms with Crippen molar-refractivity contribution in [3.05, 3.63) is 41.5 Å². The molecular weight excluding hydrogens is 346 g/mol. The van der Waals surface area contributed by atoms with E-state index in [1.807, 2.05) is 0 Å². The van der Waals surface area contributed by atoms with Gasteiger partial charge in [0.1, 0.15) is 0 Å². The van der Waals surface area contributed by atoms with Gasteiger partial charge in [0.15, 0.2) is 11.6 Å². The van der Waals surface area contributed by atoms with Crippen molar-refractivity contribution >= 4 is 0 Å². The molecule has 2 nitrogen and oxygen atoms in total. The van der Waals surface area contributed by atoms with Gasteiger partial charge in [-0.1, -0.05) is 31.6 Å². The van der Waals surface area contributed by atoms with Gasteiger partial charge in [0.05, 0.1) is 19.8 Å². The minimum Gasteiger partial charge on any atom is -0.494 e. The van der Waals surface area contributed by atoms with Crippen molar-refractivity contribution in [3.8, 4) is 5.75 Å². The summed E-state index contributed by atoms with van der Waals surface area (Å²) in [7, 11) is 1.36. The first-order chi connectivity index (χ1) is 13.1. The normalized spacial score (nSPS) is 29.2. The Balaban J connectivity index is 1.51. The zero-order valence-corrected chi connectivity index (χ0v) is 16.6. The molecule has 0 aromatic heterocycles. The lowest BCUT2D eigenvalue weighted by Crippen LogP contribution is -2.31. The van der Waals surface area contributed by atoms with E-state index in [4.69, 9.17) is 9.47 Å².